The van der Waals surface area contributed by atoms with Crippen molar-refractivity contribution in [2.45, 2.75) is 33.7 Å². The van der Waals surface area contributed by atoms with Gasteiger partial charge in [0.25, 0.3) is 5.91 Å². The number of hydrogen-bond donors (Lipinski definition) is 2. The first-order chi connectivity index (χ1) is 11.3. The average Bonchev–Trinajstić information content (AvgIpc) is 2.53. The minimum atomic E-state index is -0.245. The molecule has 1 aliphatic heterocycles. The summed E-state index contributed by atoms with van der Waals surface area (Å²) in [6.07, 6.45) is 0. The first-order valence-electron chi connectivity index (χ1n) is 8.30. The van der Waals surface area contributed by atoms with Gasteiger partial charge in [-0.05, 0) is 36.6 Å². The maximum atomic E-state index is 12.5. The van der Waals surface area contributed by atoms with Crippen molar-refractivity contribution in [1.82, 2.24) is 10.2 Å². The third-order valence-electron chi connectivity index (χ3n) is 3.80. The summed E-state index contributed by atoms with van der Waals surface area (Å²) in [5.41, 5.74) is 1.31. The number of nitrogens with one attached hydrogen (secondary N) is 2. The number of ether oxygens (including phenoxy) is 1. The summed E-state index contributed by atoms with van der Waals surface area (Å²) in [6, 6.07) is 6.80. The van der Waals surface area contributed by atoms with Gasteiger partial charge in [-0.25, -0.2) is 4.79 Å². The topological polar surface area (TPSA) is 70.7 Å². The van der Waals surface area contributed by atoms with E-state index in [4.69, 9.17) is 4.74 Å². The molecular weight excluding hydrogens is 306 g/mol. The summed E-state index contributed by atoms with van der Waals surface area (Å²) in [6.45, 7) is 10.5. The number of rotatable bonds is 3. The molecule has 3 amide bonds. The zero-order valence-electron chi connectivity index (χ0n) is 14.9. The van der Waals surface area contributed by atoms with Crippen LogP contribution in [0.25, 0.3) is 0 Å². The first kappa shape index (κ1) is 18.3. The summed E-state index contributed by atoms with van der Waals surface area (Å²) in [5, 5.41) is 5.60. The number of anilines is 1. The molecule has 24 heavy (non-hydrogen) atoms. The van der Waals surface area contributed by atoms with E-state index >= 15 is 0 Å². The molecule has 0 radical (unpaired) electrons. The molecule has 1 aromatic rings. The van der Waals surface area contributed by atoms with Crippen molar-refractivity contribution < 1.29 is 14.3 Å². The zero-order chi connectivity index (χ0) is 17.7. The van der Waals surface area contributed by atoms with E-state index in [9.17, 15) is 9.59 Å². The van der Waals surface area contributed by atoms with Crippen LogP contribution in [-0.2, 0) is 4.74 Å². The fourth-order valence-electron chi connectivity index (χ4n) is 2.41. The van der Waals surface area contributed by atoms with E-state index in [1.54, 1.807) is 24.3 Å². The fourth-order valence-corrected chi connectivity index (χ4v) is 2.41. The standard InChI is InChI=1S/C18H27N3O3/c1-13-11-24-10-9-21(13)16(22)14-5-7-15(8-6-14)20-17(23)19-12-18(2,3)4/h5-8,13H,9-12H2,1-4H3,(H2,19,20,23). The van der Waals surface area contributed by atoms with Gasteiger partial charge in [-0.2, -0.15) is 0 Å². The van der Waals surface area contributed by atoms with Gasteiger partial charge in [0.1, 0.15) is 0 Å². The van der Waals surface area contributed by atoms with E-state index in [1.165, 1.54) is 0 Å². The Bertz CT molecular complexity index is 578. The molecule has 132 valence electrons. The summed E-state index contributed by atoms with van der Waals surface area (Å²) >= 11 is 0. The second-order valence-electron chi connectivity index (χ2n) is 7.37. The Hall–Kier alpha value is -2.08. The summed E-state index contributed by atoms with van der Waals surface area (Å²) in [7, 11) is 0. The first-order valence-corrected chi connectivity index (χ1v) is 8.30. The highest BCUT2D eigenvalue weighted by Crippen LogP contribution is 2.15. The Balaban J connectivity index is 1.92. The van der Waals surface area contributed by atoms with Crippen LogP contribution >= 0.6 is 0 Å². The molecule has 1 fully saturated rings. The monoisotopic (exact) mass is 333 g/mol. The second kappa shape index (κ2) is 7.66. The Morgan fingerprint density at radius 2 is 1.92 bits per heavy atom. The molecule has 1 atom stereocenters. The minimum Gasteiger partial charge on any atom is -0.377 e. The average molecular weight is 333 g/mol. The van der Waals surface area contributed by atoms with Gasteiger partial charge in [0.15, 0.2) is 0 Å². The van der Waals surface area contributed by atoms with Crippen LogP contribution in [-0.4, -0.2) is 49.2 Å². The Morgan fingerprint density at radius 3 is 2.50 bits per heavy atom. The van der Waals surface area contributed by atoms with E-state index in [0.717, 1.165) is 0 Å². The quantitative estimate of drug-likeness (QED) is 0.893. The van der Waals surface area contributed by atoms with Crippen molar-refractivity contribution in [3.05, 3.63) is 29.8 Å². The lowest BCUT2D eigenvalue weighted by Gasteiger charge is -2.33. The van der Waals surface area contributed by atoms with Crippen LogP contribution in [0.1, 0.15) is 38.1 Å². The number of amides is 3. The number of carbonyl (C=O) groups excluding carboxylic acids is 2. The van der Waals surface area contributed by atoms with Gasteiger partial charge < -0.3 is 20.3 Å². The molecule has 6 heteroatoms. The number of urea groups is 1. The maximum absolute atomic E-state index is 12.5. The Morgan fingerprint density at radius 1 is 1.25 bits per heavy atom. The number of nitrogens with zero attached hydrogens (tertiary/aromatic N) is 1. The molecule has 0 aromatic heterocycles. The third kappa shape index (κ3) is 5.23. The summed E-state index contributed by atoms with van der Waals surface area (Å²) in [5.74, 6) is -0.00506. The van der Waals surface area contributed by atoms with Gasteiger partial charge in [-0.1, -0.05) is 20.8 Å². The minimum absolute atomic E-state index is 0.00506. The molecule has 6 nitrogen and oxygen atoms in total. The third-order valence-corrected chi connectivity index (χ3v) is 3.80. The molecule has 2 rings (SSSR count). The second-order valence-corrected chi connectivity index (χ2v) is 7.37. The van der Waals surface area contributed by atoms with Gasteiger partial charge in [0, 0.05) is 24.3 Å². The number of hydrogen-bond acceptors (Lipinski definition) is 3. The van der Waals surface area contributed by atoms with E-state index in [-0.39, 0.29) is 23.4 Å². The molecule has 1 unspecified atom stereocenters. The summed E-state index contributed by atoms with van der Waals surface area (Å²) < 4.78 is 5.36. The van der Waals surface area contributed by atoms with Gasteiger partial charge in [-0.3, -0.25) is 4.79 Å². The fraction of sp³-hybridized carbons (Fsp3) is 0.556. The van der Waals surface area contributed by atoms with Crippen molar-refractivity contribution in [2.75, 3.05) is 31.6 Å². The molecule has 0 bridgehead atoms. The molecule has 1 aromatic carbocycles. The van der Waals surface area contributed by atoms with Gasteiger partial charge >= 0.3 is 6.03 Å². The van der Waals surface area contributed by atoms with Crippen LogP contribution in [0.15, 0.2) is 24.3 Å². The maximum Gasteiger partial charge on any atom is 0.319 e. The van der Waals surface area contributed by atoms with Crippen LogP contribution in [0.2, 0.25) is 0 Å². The van der Waals surface area contributed by atoms with Crippen molar-refractivity contribution in [3.8, 4) is 0 Å². The smallest absolute Gasteiger partial charge is 0.319 e. The number of morpholine rings is 1. The SMILES string of the molecule is CC1COCCN1C(=O)c1ccc(NC(=O)NCC(C)(C)C)cc1. The van der Waals surface area contributed by atoms with Crippen molar-refractivity contribution in [1.29, 1.82) is 0 Å². The lowest BCUT2D eigenvalue weighted by molar-refractivity contribution is 0.00359. The van der Waals surface area contributed by atoms with Crippen LogP contribution in [0.5, 0.6) is 0 Å². The predicted molar refractivity (Wildman–Crippen MR) is 94.2 cm³/mol. The number of benzene rings is 1. The molecule has 2 N–H and O–H groups in total. The molecule has 0 spiro atoms. The summed E-state index contributed by atoms with van der Waals surface area (Å²) in [4.78, 5) is 26.2. The lowest BCUT2D eigenvalue weighted by Crippen LogP contribution is -2.47. The zero-order valence-corrected chi connectivity index (χ0v) is 14.9. The van der Waals surface area contributed by atoms with Crippen LogP contribution in [0.3, 0.4) is 0 Å². The molecular formula is C18H27N3O3. The highest BCUT2D eigenvalue weighted by atomic mass is 16.5. The normalized spacial score (nSPS) is 18.2. The number of carbonyl (C=O) groups is 2. The Kier molecular flexibility index (Phi) is 5.83. The lowest BCUT2D eigenvalue weighted by atomic mass is 9.97. The van der Waals surface area contributed by atoms with E-state index in [1.807, 2.05) is 11.8 Å². The largest absolute Gasteiger partial charge is 0.377 e. The highest BCUT2D eigenvalue weighted by molar-refractivity contribution is 5.95. The van der Waals surface area contributed by atoms with Crippen LogP contribution in [0, 0.1) is 5.41 Å². The van der Waals surface area contributed by atoms with Gasteiger partial charge in [0.2, 0.25) is 0 Å². The van der Waals surface area contributed by atoms with E-state index in [0.29, 0.717) is 37.6 Å². The van der Waals surface area contributed by atoms with E-state index < -0.39 is 0 Å². The molecule has 0 saturated carbocycles. The molecule has 1 saturated heterocycles. The van der Waals surface area contributed by atoms with Gasteiger partial charge in [-0.15, -0.1) is 0 Å². The Labute approximate surface area is 143 Å². The van der Waals surface area contributed by atoms with Crippen LogP contribution < -0.4 is 10.6 Å². The highest BCUT2D eigenvalue weighted by Gasteiger charge is 2.24. The van der Waals surface area contributed by atoms with Crippen LogP contribution in [0.4, 0.5) is 10.5 Å². The van der Waals surface area contributed by atoms with Crippen molar-refractivity contribution >= 4 is 17.6 Å². The molecule has 1 aliphatic rings. The van der Waals surface area contributed by atoms with E-state index in [2.05, 4.69) is 31.4 Å². The van der Waals surface area contributed by atoms with Crippen molar-refractivity contribution in [3.63, 3.8) is 0 Å². The molecule has 0 aliphatic carbocycles. The van der Waals surface area contributed by atoms with Crippen molar-refractivity contribution in [2.24, 2.45) is 5.41 Å². The predicted octanol–water partition coefficient (Wildman–Crippen LogP) is 2.72. The molecule has 1 heterocycles. The van der Waals surface area contributed by atoms with Gasteiger partial charge in [0.05, 0.1) is 19.3 Å².